The van der Waals surface area contributed by atoms with Crippen LogP contribution in [0.4, 0.5) is 18.9 Å². The standard InChI is InChI=1S/C25H18F3NO4/c26-25(27,28)16-6-2-1-5-14(16)9-15-12-31-21-11-20-18(10-22(21)33-15)24(13-32-20)17-7-3-4-8-19(17)29-23(24)30/h1-8,10-11,15H,9,12-13H2,(H,29,30)/t15-,24-/m1/s1. The van der Waals surface area contributed by atoms with E-state index in [1.165, 1.54) is 12.1 Å². The van der Waals surface area contributed by atoms with Crippen LogP contribution in [0, 0.1) is 0 Å². The van der Waals surface area contributed by atoms with Gasteiger partial charge in [0.05, 0.1) is 5.56 Å². The summed E-state index contributed by atoms with van der Waals surface area (Å²) in [6.45, 7) is 0.253. The van der Waals surface area contributed by atoms with Gasteiger partial charge in [0.2, 0.25) is 5.91 Å². The van der Waals surface area contributed by atoms with Gasteiger partial charge in [-0.3, -0.25) is 4.79 Å². The number of hydrogen-bond acceptors (Lipinski definition) is 4. The van der Waals surface area contributed by atoms with Gasteiger partial charge < -0.3 is 19.5 Å². The first-order chi connectivity index (χ1) is 15.9. The van der Waals surface area contributed by atoms with Gasteiger partial charge in [0.25, 0.3) is 0 Å². The Labute approximate surface area is 187 Å². The SMILES string of the molecule is O=C1Nc2ccccc2[C@@]12COc1cc3c(cc12)O[C@H](Cc1ccccc1C(F)(F)F)CO3. The van der Waals surface area contributed by atoms with E-state index in [0.717, 1.165) is 17.3 Å². The summed E-state index contributed by atoms with van der Waals surface area (Å²) in [6.07, 6.45) is -5.02. The van der Waals surface area contributed by atoms with Crippen LogP contribution < -0.4 is 19.5 Å². The number of para-hydroxylation sites is 1. The molecule has 1 N–H and O–H groups in total. The van der Waals surface area contributed by atoms with Gasteiger partial charge in [-0.1, -0.05) is 36.4 Å². The second-order valence-corrected chi connectivity index (χ2v) is 8.40. The monoisotopic (exact) mass is 453 g/mol. The molecule has 3 aliphatic rings. The van der Waals surface area contributed by atoms with Gasteiger partial charge in [-0.05, 0) is 29.3 Å². The normalized spacial score (nSPS) is 22.5. The highest BCUT2D eigenvalue weighted by Crippen LogP contribution is 2.53. The third-order valence-electron chi connectivity index (χ3n) is 6.46. The molecule has 33 heavy (non-hydrogen) atoms. The molecule has 0 bridgehead atoms. The molecule has 3 aliphatic heterocycles. The Hall–Kier alpha value is -3.68. The molecule has 2 atom stereocenters. The van der Waals surface area contributed by atoms with Crippen molar-refractivity contribution in [1.29, 1.82) is 0 Å². The lowest BCUT2D eigenvalue weighted by Crippen LogP contribution is -2.37. The Balaban J connectivity index is 1.34. The van der Waals surface area contributed by atoms with Crippen molar-refractivity contribution in [3.05, 3.63) is 82.9 Å². The molecule has 8 heteroatoms. The fourth-order valence-electron chi connectivity index (χ4n) is 4.91. The molecule has 0 aromatic heterocycles. The largest absolute Gasteiger partial charge is 0.491 e. The molecular formula is C25H18F3NO4. The number of amides is 1. The highest BCUT2D eigenvalue weighted by atomic mass is 19.4. The molecule has 0 saturated carbocycles. The molecule has 0 saturated heterocycles. The van der Waals surface area contributed by atoms with Gasteiger partial charge >= 0.3 is 6.18 Å². The predicted molar refractivity (Wildman–Crippen MR) is 113 cm³/mol. The number of alkyl halides is 3. The molecule has 6 rings (SSSR count). The number of anilines is 1. The van der Waals surface area contributed by atoms with Crippen LogP contribution in [-0.2, 0) is 22.8 Å². The van der Waals surface area contributed by atoms with E-state index in [1.807, 2.05) is 24.3 Å². The van der Waals surface area contributed by atoms with Crippen LogP contribution >= 0.6 is 0 Å². The van der Waals surface area contributed by atoms with E-state index in [-0.39, 0.29) is 31.1 Å². The fourth-order valence-corrected chi connectivity index (χ4v) is 4.91. The Bertz CT molecular complexity index is 1290. The van der Waals surface area contributed by atoms with Crippen LogP contribution in [0.25, 0.3) is 0 Å². The lowest BCUT2D eigenvalue weighted by atomic mass is 9.77. The van der Waals surface area contributed by atoms with Crippen molar-refractivity contribution in [3.8, 4) is 17.2 Å². The van der Waals surface area contributed by atoms with Crippen LogP contribution in [0.3, 0.4) is 0 Å². The van der Waals surface area contributed by atoms with Crippen molar-refractivity contribution < 1.29 is 32.2 Å². The molecule has 0 fully saturated rings. The van der Waals surface area contributed by atoms with Crippen molar-refractivity contribution in [2.75, 3.05) is 18.5 Å². The van der Waals surface area contributed by atoms with E-state index in [0.29, 0.717) is 22.8 Å². The molecule has 1 amide bonds. The lowest BCUT2D eigenvalue weighted by Gasteiger charge is -2.28. The zero-order valence-corrected chi connectivity index (χ0v) is 17.2. The first kappa shape index (κ1) is 20.0. The van der Waals surface area contributed by atoms with Crippen molar-refractivity contribution in [1.82, 2.24) is 0 Å². The van der Waals surface area contributed by atoms with E-state index >= 15 is 0 Å². The van der Waals surface area contributed by atoms with E-state index in [9.17, 15) is 18.0 Å². The first-order valence-corrected chi connectivity index (χ1v) is 10.5. The number of rotatable bonds is 2. The minimum atomic E-state index is -4.45. The maximum atomic E-state index is 13.4. The molecule has 168 valence electrons. The fraction of sp³-hybridized carbons (Fsp3) is 0.240. The minimum absolute atomic E-state index is 0.0389. The van der Waals surface area contributed by atoms with E-state index in [1.54, 1.807) is 18.2 Å². The van der Waals surface area contributed by atoms with Crippen LogP contribution in [0.5, 0.6) is 17.2 Å². The van der Waals surface area contributed by atoms with Crippen LogP contribution in [0.1, 0.15) is 22.3 Å². The van der Waals surface area contributed by atoms with Crippen LogP contribution in [0.15, 0.2) is 60.7 Å². The van der Waals surface area contributed by atoms with Crippen molar-refractivity contribution in [2.45, 2.75) is 24.1 Å². The second-order valence-electron chi connectivity index (χ2n) is 8.40. The number of carbonyl (C=O) groups excluding carboxylic acids is 1. The maximum absolute atomic E-state index is 13.4. The number of fused-ring (bicyclic) bond motifs is 5. The molecule has 3 aromatic carbocycles. The summed E-state index contributed by atoms with van der Waals surface area (Å²) in [5.41, 5.74) is 0.674. The summed E-state index contributed by atoms with van der Waals surface area (Å²) in [7, 11) is 0. The van der Waals surface area contributed by atoms with Crippen molar-refractivity contribution in [2.24, 2.45) is 0 Å². The van der Waals surface area contributed by atoms with Crippen LogP contribution in [-0.4, -0.2) is 25.2 Å². The lowest BCUT2D eigenvalue weighted by molar-refractivity contribution is -0.138. The number of benzene rings is 3. The molecule has 5 nitrogen and oxygen atoms in total. The quantitative estimate of drug-likeness (QED) is 0.610. The Kier molecular flexibility index (Phi) is 4.18. The predicted octanol–water partition coefficient (Wildman–Crippen LogP) is 4.72. The van der Waals surface area contributed by atoms with Gasteiger partial charge in [-0.25, -0.2) is 0 Å². The molecule has 0 unspecified atom stereocenters. The molecule has 3 heterocycles. The summed E-state index contributed by atoms with van der Waals surface area (Å²) >= 11 is 0. The summed E-state index contributed by atoms with van der Waals surface area (Å²) in [6, 6.07) is 16.3. The van der Waals surface area contributed by atoms with Crippen molar-refractivity contribution in [3.63, 3.8) is 0 Å². The first-order valence-electron chi connectivity index (χ1n) is 10.5. The second kappa shape index (κ2) is 6.91. The van der Waals surface area contributed by atoms with Gasteiger partial charge in [0.1, 0.15) is 30.5 Å². The summed E-state index contributed by atoms with van der Waals surface area (Å²) in [4.78, 5) is 13.1. The molecule has 1 spiro atoms. The zero-order valence-electron chi connectivity index (χ0n) is 17.2. The Morgan fingerprint density at radius 2 is 1.73 bits per heavy atom. The molecule has 0 radical (unpaired) electrons. The average Bonchev–Trinajstić information content (AvgIpc) is 3.30. The minimum Gasteiger partial charge on any atom is -0.491 e. The number of ether oxygens (including phenoxy) is 3. The average molecular weight is 453 g/mol. The summed E-state index contributed by atoms with van der Waals surface area (Å²) < 4.78 is 58.0. The van der Waals surface area contributed by atoms with Crippen molar-refractivity contribution >= 4 is 11.6 Å². The Morgan fingerprint density at radius 1 is 0.939 bits per heavy atom. The molecule has 0 aliphatic carbocycles. The number of halogens is 3. The maximum Gasteiger partial charge on any atom is 0.416 e. The number of carbonyl (C=O) groups is 1. The summed E-state index contributed by atoms with van der Waals surface area (Å²) in [5, 5.41) is 2.92. The molecular weight excluding hydrogens is 435 g/mol. The van der Waals surface area contributed by atoms with Gasteiger partial charge in [-0.15, -0.1) is 0 Å². The molecule has 3 aromatic rings. The zero-order chi connectivity index (χ0) is 22.8. The number of nitrogens with one attached hydrogen (secondary N) is 1. The number of hydrogen-bond donors (Lipinski definition) is 1. The van der Waals surface area contributed by atoms with E-state index in [4.69, 9.17) is 14.2 Å². The topological polar surface area (TPSA) is 56.8 Å². The third kappa shape index (κ3) is 2.97. The van der Waals surface area contributed by atoms with Crippen LogP contribution in [0.2, 0.25) is 0 Å². The summed E-state index contributed by atoms with van der Waals surface area (Å²) in [5.74, 6) is 1.18. The highest BCUT2D eigenvalue weighted by molar-refractivity contribution is 6.09. The van der Waals surface area contributed by atoms with E-state index < -0.39 is 23.3 Å². The highest BCUT2D eigenvalue weighted by Gasteiger charge is 2.54. The third-order valence-corrected chi connectivity index (χ3v) is 6.46. The van der Waals surface area contributed by atoms with Gasteiger partial charge in [0, 0.05) is 23.7 Å². The van der Waals surface area contributed by atoms with E-state index in [2.05, 4.69) is 5.32 Å². The Morgan fingerprint density at radius 3 is 2.58 bits per heavy atom. The van der Waals surface area contributed by atoms with Gasteiger partial charge in [-0.2, -0.15) is 13.2 Å². The smallest absolute Gasteiger partial charge is 0.416 e. The van der Waals surface area contributed by atoms with Gasteiger partial charge in [0.15, 0.2) is 11.5 Å².